The number of Topliss-reactive ketones (excluding diaryl/α,β-unsaturated/α-hetero) is 1. The second kappa shape index (κ2) is 7.51. The van der Waals surface area contributed by atoms with Crippen LogP contribution in [0.3, 0.4) is 0 Å². The van der Waals surface area contributed by atoms with Gasteiger partial charge in [-0.1, -0.05) is 0 Å². The Labute approximate surface area is 151 Å². The van der Waals surface area contributed by atoms with E-state index in [-0.39, 0.29) is 5.78 Å². The Balaban J connectivity index is 1.36. The van der Waals surface area contributed by atoms with Crippen LogP contribution in [0.1, 0.15) is 19.3 Å². The molecule has 0 aromatic carbocycles. The molecule has 4 heterocycles. The van der Waals surface area contributed by atoms with Gasteiger partial charge < -0.3 is 15.2 Å². The molecule has 4 rings (SSSR count). The number of nitrogens with zero attached hydrogens (tertiary/aromatic N) is 4. The molecule has 26 heavy (non-hydrogen) atoms. The SMILES string of the molecule is O=C(CNc1cccnc1)CC1CCCN(c2ncnc3[nH]ccc23)C1. The topological polar surface area (TPSA) is 86.8 Å². The van der Waals surface area contributed by atoms with E-state index in [1.165, 1.54) is 0 Å². The van der Waals surface area contributed by atoms with Gasteiger partial charge in [-0.05, 0) is 37.0 Å². The monoisotopic (exact) mass is 350 g/mol. The maximum Gasteiger partial charge on any atom is 0.152 e. The highest BCUT2D eigenvalue weighted by Gasteiger charge is 2.24. The molecule has 134 valence electrons. The summed E-state index contributed by atoms with van der Waals surface area (Å²) in [6.45, 7) is 2.17. The fraction of sp³-hybridized carbons (Fsp3) is 0.368. The number of H-pyrrole nitrogens is 1. The van der Waals surface area contributed by atoms with Crippen molar-refractivity contribution in [1.29, 1.82) is 0 Å². The van der Waals surface area contributed by atoms with Gasteiger partial charge in [-0.3, -0.25) is 9.78 Å². The molecular formula is C19H22N6O. The van der Waals surface area contributed by atoms with Crippen LogP contribution in [-0.2, 0) is 4.79 Å². The van der Waals surface area contributed by atoms with E-state index in [4.69, 9.17) is 0 Å². The third-order valence-corrected chi connectivity index (χ3v) is 4.82. The summed E-state index contributed by atoms with van der Waals surface area (Å²) in [7, 11) is 0. The molecule has 7 heteroatoms. The molecule has 1 aliphatic rings. The number of aromatic nitrogens is 4. The summed E-state index contributed by atoms with van der Waals surface area (Å²) in [4.78, 5) is 30.6. The van der Waals surface area contributed by atoms with Crippen molar-refractivity contribution in [3.63, 3.8) is 0 Å². The Morgan fingerprint density at radius 1 is 1.35 bits per heavy atom. The molecule has 1 unspecified atom stereocenters. The number of fused-ring (bicyclic) bond motifs is 1. The summed E-state index contributed by atoms with van der Waals surface area (Å²) < 4.78 is 0. The number of pyridine rings is 1. The lowest BCUT2D eigenvalue weighted by atomic mass is 9.92. The number of rotatable bonds is 6. The third-order valence-electron chi connectivity index (χ3n) is 4.82. The van der Waals surface area contributed by atoms with Crippen LogP contribution in [0.5, 0.6) is 0 Å². The first-order chi connectivity index (χ1) is 12.8. The van der Waals surface area contributed by atoms with Crippen LogP contribution >= 0.6 is 0 Å². The maximum atomic E-state index is 12.4. The van der Waals surface area contributed by atoms with E-state index in [0.717, 1.165) is 48.5 Å². The molecule has 0 aliphatic carbocycles. The Kier molecular flexibility index (Phi) is 4.77. The Morgan fingerprint density at radius 2 is 2.31 bits per heavy atom. The van der Waals surface area contributed by atoms with Crippen molar-refractivity contribution >= 4 is 28.3 Å². The minimum atomic E-state index is 0.232. The highest BCUT2D eigenvalue weighted by molar-refractivity contribution is 5.87. The number of hydrogen-bond acceptors (Lipinski definition) is 6. The highest BCUT2D eigenvalue weighted by Crippen LogP contribution is 2.28. The summed E-state index contributed by atoms with van der Waals surface area (Å²) >= 11 is 0. The largest absolute Gasteiger partial charge is 0.377 e. The fourth-order valence-corrected chi connectivity index (χ4v) is 3.60. The van der Waals surface area contributed by atoms with Gasteiger partial charge >= 0.3 is 0 Å². The molecule has 0 bridgehead atoms. The van der Waals surface area contributed by atoms with Crippen molar-refractivity contribution in [1.82, 2.24) is 19.9 Å². The summed E-state index contributed by atoms with van der Waals surface area (Å²) in [6, 6.07) is 5.78. The zero-order valence-corrected chi connectivity index (χ0v) is 14.6. The number of carbonyl (C=O) groups is 1. The summed E-state index contributed by atoms with van der Waals surface area (Å²) in [5.41, 5.74) is 1.73. The van der Waals surface area contributed by atoms with Crippen LogP contribution in [0, 0.1) is 5.92 Å². The predicted octanol–water partition coefficient (Wildman–Crippen LogP) is 2.64. The third kappa shape index (κ3) is 3.66. The molecule has 0 saturated carbocycles. The Morgan fingerprint density at radius 3 is 3.19 bits per heavy atom. The maximum absolute atomic E-state index is 12.4. The van der Waals surface area contributed by atoms with Crippen molar-refractivity contribution in [3.8, 4) is 0 Å². The average Bonchev–Trinajstić information content (AvgIpc) is 3.16. The van der Waals surface area contributed by atoms with E-state index in [1.54, 1.807) is 18.7 Å². The van der Waals surface area contributed by atoms with E-state index < -0.39 is 0 Å². The zero-order valence-electron chi connectivity index (χ0n) is 14.6. The lowest BCUT2D eigenvalue weighted by Crippen LogP contribution is -2.37. The van der Waals surface area contributed by atoms with E-state index in [0.29, 0.717) is 18.9 Å². The quantitative estimate of drug-likeness (QED) is 0.711. The van der Waals surface area contributed by atoms with Gasteiger partial charge in [0, 0.05) is 38.1 Å². The summed E-state index contributed by atoms with van der Waals surface area (Å²) in [5.74, 6) is 1.55. The van der Waals surface area contributed by atoms with Crippen molar-refractivity contribution in [2.75, 3.05) is 29.9 Å². The van der Waals surface area contributed by atoms with Crippen molar-refractivity contribution in [2.24, 2.45) is 5.92 Å². The van der Waals surface area contributed by atoms with Gasteiger partial charge in [-0.2, -0.15) is 0 Å². The minimum absolute atomic E-state index is 0.232. The van der Waals surface area contributed by atoms with Crippen molar-refractivity contribution in [2.45, 2.75) is 19.3 Å². The number of carbonyl (C=O) groups excluding carboxylic acids is 1. The molecule has 7 nitrogen and oxygen atoms in total. The number of piperidine rings is 1. The van der Waals surface area contributed by atoms with E-state index >= 15 is 0 Å². The first-order valence-electron chi connectivity index (χ1n) is 8.98. The number of ketones is 1. The zero-order chi connectivity index (χ0) is 17.8. The van der Waals surface area contributed by atoms with Crippen molar-refractivity contribution in [3.05, 3.63) is 43.1 Å². The average molecular weight is 350 g/mol. The molecule has 1 aliphatic heterocycles. The fourth-order valence-electron chi connectivity index (χ4n) is 3.60. The molecule has 3 aromatic rings. The smallest absolute Gasteiger partial charge is 0.152 e. The van der Waals surface area contributed by atoms with Gasteiger partial charge in [0.05, 0.1) is 17.6 Å². The number of anilines is 2. The van der Waals surface area contributed by atoms with Crippen molar-refractivity contribution < 1.29 is 4.79 Å². The van der Waals surface area contributed by atoms with Gasteiger partial charge in [-0.15, -0.1) is 0 Å². The molecule has 0 spiro atoms. The first kappa shape index (κ1) is 16.5. The van der Waals surface area contributed by atoms with E-state index in [2.05, 4.69) is 30.2 Å². The molecular weight excluding hydrogens is 328 g/mol. The molecule has 1 fully saturated rings. The molecule has 0 amide bonds. The molecule has 2 N–H and O–H groups in total. The van der Waals surface area contributed by atoms with Gasteiger partial charge in [0.1, 0.15) is 17.8 Å². The highest BCUT2D eigenvalue weighted by atomic mass is 16.1. The lowest BCUT2D eigenvalue weighted by Gasteiger charge is -2.33. The van der Waals surface area contributed by atoms with Gasteiger partial charge in [-0.25, -0.2) is 9.97 Å². The normalized spacial score (nSPS) is 17.4. The standard InChI is InChI=1S/C19H22N6O/c26-16(11-22-15-4-1-6-20-10-15)9-14-3-2-8-25(12-14)19-17-5-7-21-18(17)23-13-24-19/h1,4-7,10,13-14,22H,2-3,8-9,11-12H2,(H,21,23,24). The van der Waals surface area contributed by atoms with Gasteiger partial charge in [0.2, 0.25) is 0 Å². The second-order valence-electron chi connectivity index (χ2n) is 6.73. The molecule has 0 radical (unpaired) electrons. The lowest BCUT2D eigenvalue weighted by molar-refractivity contribution is -0.118. The molecule has 3 aromatic heterocycles. The van der Waals surface area contributed by atoms with Crippen LogP contribution in [0.4, 0.5) is 11.5 Å². The number of nitrogens with one attached hydrogen (secondary N) is 2. The van der Waals surface area contributed by atoms with Crippen LogP contribution in [0.25, 0.3) is 11.0 Å². The Hall–Kier alpha value is -2.96. The van der Waals surface area contributed by atoms with Crippen LogP contribution in [-0.4, -0.2) is 45.4 Å². The van der Waals surface area contributed by atoms with Crippen LogP contribution in [0.2, 0.25) is 0 Å². The minimum Gasteiger partial charge on any atom is -0.377 e. The van der Waals surface area contributed by atoms with Crippen LogP contribution < -0.4 is 10.2 Å². The number of hydrogen-bond donors (Lipinski definition) is 2. The van der Waals surface area contributed by atoms with Gasteiger partial charge in [0.25, 0.3) is 0 Å². The molecule has 1 saturated heterocycles. The second-order valence-corrected chi connectivity index (χ2v) is 6.73. The molecule has 1 atom stereocenters. The van der Waals surface area contributed by atoms with Crippen LogP contribution in [0.15, 0.2) is 43.1 Å². The predicted molar refractivity (Wildman–Crippen MR) is 101 cm³/mol. The number of aromatic amines is 1. The first-order valence-corrected chi connectivity index (χ1v) is 8.98. The van der Waals surface area contributed by atoms with Gasteiger partial charge in [0.15, 0.2) is 5.78 Å². The summed E-state index contributed by atoms with van der Waals surface area (Å²) in [5, 5.41) is 4.19. The van der Waals surface area contributed by atoms with E-state index in [9.17, 15) is 4.79 Å². The Bertz CT molecular complexity index is 878. The summed E-state index contributed by atoms with van der Waals surface area (Å²) in [6.07, 6.45) is 9.68. The van der Waals surface area contributed by atoms with E-state index in [1.807, 2.05) is 24.4 Å².